The first kappa shape index (κ1) is 48.9. The third kappa shape index (κ3) is 8.62. The van der Waals surface area contributed by atoms with Gasteiger partial charge in [-0.1, -0.05) is 289 Å². The number of fused-ring (bicyclic) bond motifs is 18. The predicted octanol–water partition coefficient (Wildman–Crippen LogP) is 20.0. The summed E-state index contributed by atoms with van der Waals surface area (Å²) in [5, 5.41) is 44.4. The Morgan fingerprint density at radius 1 is 0.225 bits per heavy atom. The van der Waals surface area contributed by atoms with Gasteiger partial charge in [-0.15, -0.1) is 0 Å². The van der Waals surface area contributed by atoms with Gasteiger partial charge in [-0.25, -0.2) is 0 Å². The van der Waals surface area contributed by atoms with E-state index in [1.165, 1.54) is 125 Å². The lowest BCUT2D eigenvalue weighted by Gasteiger charge is -2.16. The second-order valence-corrected chi connectivity index (χ2v) is 21.4. The van der Waals surface area contributed by atoms with Crippen LogP contribution in [0.4, 0.5) is 0 Å². The molecule has 16 aromatic carbocycles. The summed E-state index contributed by atoms with van der Waals surface area (Å²) in [5.74, 6) is 0. The van der Waals surface area contributed by atoms with Gasteiger partial charge in [0.25, 0.3) is 0 Å². The lowest BCUT2D eigenvalue weighted by molar-refractivity contribution is 0.426. The Morgan fingerprint density at radius 2 is 0.537 bits per heavy atom. The van der Waals surface area contributed by atoms with E-state index in [0.717, 1.165) is 21.0 Å². The Bertz CT molecular complexity index is 5070. The van der Waals surface area contributed by atoms with Crippen LogP contribution in [0.15, 0.2) is 296 Å². The number of benzene rings is 16. The summed E-state index contributed by atoms with van der Waals surface area (Å²) in [6, 6.07) is 103. The highest BCUT2D eigenvalue weighted by Gasteiger charge is 2.17. The van der Waals surface area contributed by atoms with E-state index in [0.29, 0.717) is 5.46 Å². The first-order valence-corrected chi connectivity index (χ1v) is 27.9. The van der Waals surface area contributed by atoms with Crippen LogP contribution >= 0.6 is 15.9 Å². The highest BCUT2D eigenvalue weighted by Crippen LogP contribution is 2.45. The predicted molar refractivity (Wildman–Crippen MR) is 348 cm³/mol. The molecule has 0 saturated heterocycles. The molecule has 0 aliphatic carbocycles. The molecule has 0 heterocycles. The van der Waals surface area contributed by atoms with Gasteiger partial charge in [-0.2, -0.15) is 0 Å². The monoisotopic (exact) mass is 1080 g/mol. The molecule has 376 valence electrons. The lowest BCUT2D eigenvalue weighted by atomic mass is 9.79. The van der Waals surface area contributed by atoms with Crippen molar-refractivity contribution in [3.63, 3.8) is 0 Å². The maximum absolute atomic E-state index is 9.26. The highest BCUT2D eigenvalue weighted by molar-refractivity contribution is 9.10. The normalized spacial score (nSPS) is 11.4. The van der Waals surface area contributed by atoms with E-state index >= 15 is 0 Å². The molecule has 0 bridgehead atoms. The Labute approximate surface area is 472 Å². The van der Waals surface area contributed by atoms with E-state index in [1.807, 2.05) is 42.5 Å². The molecule has 0 aliphatic rings. The molecule has 0 aliphatic heterocycles. The SMILES string of the molecule is Brc1cc2c3ccccc3c3ccccc3c2c2ccccc12.OB(O)c1cccc(-c2cccc3ccccc23)c1.c1cc(-c2cccc3ccccc23)cc(-c2cc3c4ccccc4c4ccccc4c3c3ccccc23)c1. The molecular formula is C76H50BBrO2. The summed E-state index contributed by atoms with van der Waals surface area (Å²) >= 11 is 3.77. The summed E-state index contributed by atoms with van der Waals surface area (Å²) in [6.07, 6.45) is 0. The van der Waals surface area contributed by atoms with Crippen LogP contribution in [-0.2, 0) is 0 Å². The topological polar surface area (TPSA) is 40.5 Å². The van der Waals surface area contributed by atoms with Crippen molar-refractivity contribution in [2.75, 3.05) is 0 Å². The van der Waals surface area contributed by atoms with Crippen LogP contribution in [0.2, 0.25) is 0 Å². The number of hydrogen-bond acceptors (Lipinski definition) is 2. The van der Waals surface area contributed by atoms with Gasteiger partial charge >= 0.3 is 7.12 Å². The van der Waals surface area contributed by atoms with Crippen LogP contribution in [0.5, 0.6) is 0 Å². The largest absolute Gasteiger partial charge is 0.488 e. The van der Waals surface area contributed by atoms with Crippen molar-refractivity contribution >= 4 is 136 Å². The molecule has 0 spiro atoms. The Morgan fingerprint density at radius 3 is 1.02 bits per heavy atom. The van der Waals surface area contributed by atoms with Gasteiger partial charge in [0.05, 0.1) is 0 Å². The standard InChI is InChI=1S/C38H24.C22H13Br.C16H13BO2/c1-2-15-28-25(11-1)12-10-22-29(28)26-13-9-14-27(23-26)36-24-37-32-18-4-3-16-30(32)31-17-5-7-20-34(31)38(37)35-21-8-6-19-33(35)36;23-21-13-20-16-9-2-1-7-14(16)15-8-3-5-11-18(15)22(20)19-12-6-4-10-17(19)21;18-17(19)14-8-3-7-13(11-14)16-10-4-6-12-5-1-2-9-15(12)16/h1-24H;1-13H;1-11,18-19H. The highest BCUT2D eigenvalue weighted by atomic mass is 79.9. The van der Waals surface area contributed by atoms with Crippen LogP contribution in [0.3, 0.4) is 0 Å². The van der Waals surface area contributed by atoms with Gasteiger partial charge in [0, 0.05) is 4.47 Å². The zero-order chi connectivity index (χ0) is 53.7. The minimum atomic E-state index is -1.44. The van der Waals surface area contributed by atoms with Crippen molar-refractivity contribution in [3.05, 3.63) is 296 Å². The van der Waals surface area contributed by atoms with E-state index in [1.54, 1.807) is 6.07 Å². The van der Waals surface area contributed by atoms with Crippen LogP contribution in [0, 0.1) is 0 Å². The van der Waals surface area contributed by atoms with E-state index in [9.17, 15) is 10.0 Å². The summed E-state index contributed by atoms with van der Waals surface area (Å²) in [5.41, 5.74) is 7.62. The van der Waals surface area contributed by atoms with Crippen molar-refractivity contribution in [2.45, 2.75) is 0 Å². The van der Waals surface area contributed by atoms with Crippen molar-refractivity contribution in [2.24, 2.45) is 0 Å². The maximum atomic E-state index is 9.26. The molecule has 4 heteroatoms. The van der Waals surface area contributed by atoms with Crippen LogP contribution in [-0.4, -0.2) is 17.2 Å². The first-order chi connectivity index (χ1) is 39.5. The molecule has 80 heavy (non-hydrogen) atoms. The average molecular weight is 1090 g/mol. The van der Waals surface area contributed by atoms with Crippen molar-refractivity contribution in [1.82, 2.24) is 0 Å². The Balaban J connectivity index is 0.000000117. The fraction of sp³-hybridized carbons (Fsp3) is 0. The van der Waals surface area contributed by atoms with Gasteiger partial charge in [0.2, 0.25) is 0 Å². The van der Waals surface area contributed by atoms with Crippen molar-refractivity contribution in [3.8, 4) is 33.4 Å². The molecule has 0 atom stereocenters. The minimum Gasteiger partial charge on any atom is -0.423 e. The summed E-state index contributed by atoms with van der Waals surface area (Å²) < 4.78 is 1.15. The van der Waals surface area contributed by atoms with E-state index in [4.69, 9.17) is 0 Å². The lowest BCUT2D eigenvalue weighted by Crippen LogP contribution is -2.29. The van der Waals surface area contributed by atoms with Gasteiger partial charge in [-0.3, -0.25) is 0 Å². The molecule has 0 amide bonds. The van der Waals surface area contributed by atoms with Gasteiger partial charge in [-0.05, 0) is 165 Å². The third-order valence-corrected chi connectivity index (χ3v) is 16.7. The Kier molecular flexibility index (Phi) is 12.7. The summed E-state index contributed by atoms with van der Waals surface area (Å²) in [4.78, 5) is 0. The summed E-state index contributed by atoms with van der Waals surface area (Å²) in [7, 11) is -1.44. The maximum Gasteiger partial charge on any atom is 0.488 e. The molecule has 2 N–H and O–H groups in total. The second kappa shape index (κ2) is 20.8. The Hall–Kier alpha value is -9.42. The number of rotatable bonds is 4. The minimum absolute atomic E-state index is 0.505. The molecule has 0 unspecified atom stereocenters. The van der Waals surface area contributed by atoms with Crippen LogP contribution in [0.25, 0.3) is 141 Å². The third-order valence-electron chi connectivity index (χ3n) is 16.0. The zero-order valence-electron chi connectivity index (χ0n) is 43.6. The van der Waals surface area contributed by atoms with Crippen LogP contribution in [0.1, 0.15) is 0 Å². The number of hydrogen-bond donors (Lipinski definition) is 2. The average Bonchev–Trinajstić information content (AvgIpc) is 3.61. The van der Waals surface area contributed by atoms with Gasteiger partial charge < -0.3 is 10.0 Å². The molecule has 0 aromatic heterocycles. The van der Waals surface area contributed by atoms with Crippen molar-refractivity contribution < 1.29 is 10.0 Å². The van der Waals surface area contributed by atoms with Gasteiger partial charge in [0.15, 0.2) is 0 Å². The van der Waals surface area contributed by atoms with E-state index in [-0.39, 0.29) is 0 Å². The fourth-order valence-electron chi connectivity index (χ4n) is 12.4. The fourth-order valence-corrected chi connectivity index (χ4v) is 13.0. The molecular weight excluding hydrogens is 1040 g/mol. The molecule has 2 nitrogen and oxygen atoms in total. The quantitative estimate of drug-likeness (QED) is 0.136. The first-order valence-electron chi connectivity index (χ1n) is 27.1. The van der Waals surface area contributed by atoms with Gasteiger partial charge in [0.1, 0.15) is 0 Å². The summed E-state index contributed by atoms with van der Waals surface area (Å²) in [6.45, 7) is 0. The van der Waals surface area contributed by atoms with Crippen LogP contribution < -0.4 is 5.46 Å². The molecule has 16 aromatic rings. The molecule has 0 fully saturated rings. The van der Waals surface area contributed by atoms with E-state index < -0.39 is 7.12 Å². The molecule has 0 radical (unpaired) electrons. The number of halogens is 1. The van der Waals surface area contributed by atoms with E-state index in [2.05, 4.69) is 259 Å². The molecule has 16 rings (SSSR count). The molecule has 0 saturated carbocycles. The van der Waals surface area contributed by atoms with Crippen molar-refractivity contribution in [1.29, 1.82) is 0 Å². The smallest absolute Gasteiger partial charge is 0.423 e. The second-order valence-electron chi connectivity index (χ2n) is 20.5. The zero-order valence-corrected chi connectivity index (χ0v) is 45.1.